The molecule has 6 heteroatoms. The molecule has 0 saturated carbocycles. The van der Waals surface area contributed by atoms with Gasteiger partial charge in [0, 0.05) is 18.4 Å². The monoisotopic (exact) mass is 308 g/mol. The Labute approximate surface area is 129 Å². The van der Waals surface area contributed by atoms with Crippen molar-refractivity contribution in [3.05, 3.63) is 17.2 Å². The number of methoxy groups -OCH3 is 2. The summed E-state index contributed by atoms with van der Waals surface area (Å²) in [7, 11) is 2.83. The van der Waals surface area contributed by atoms with Gasteiger partial charge >= 0.3 is 5.97 Å². The van der Waals surface area contributed by atoms with Crippen LogP contribution in [0.25, 0.3) is 0 Å². The number of benzene rings is 1. The summed E-state index contributed by atoms with van der Waals surface area (Å²) < 4.78 is 15.5. The van der Waals surface area contributed by atoms with Crippen LogP contribution in [0, 0.1) is 0 Å². The second-order valence-corrected chi connectivity index (χ2v) is 5.15. The number of hydrogen-bond acceptors (Lipinski definition) is 6. The summed E-state index contributed by atoms with van der Waals surface area (Å²) >= 11 is 0. The van der Waals surface area contributed by atoms with Crippen LogP contribution >= 0.6 is 0 Å². The molecule has 1 aliphatic heterocycles. The summed E-state index contributed by atoms with van der Waals surface area (Å²) in [4.78, 5) is 23.6. The van der Waals surface area contributed by atoms with E-state index in [-0.39, 0.29) is 22.8 Å². The van der Waals surface area contributed by atoms with Gasteiger partial charge in [0.15, 0.2) is 11.5 Å². The highest BCUT2D eigenvalue weighted by atomic mass is 16.6. The molecule has 1 N–H and O–H groups in total. The van der Waals surface area contributed by atoms with Gasteiger partial charge in [-0.25, -0.2) is 4.79 Å². The zero-order chi connectivity index (χ0) is 16.3. The fraction of sp³-hybridized carbons (Fsp3) is 0.500. The molecule has 1 aliphatic rings. The molecule has 6 nitrogen and oxygen atoms in total. The number of fused-ring (bicyclic) bond motifs is 1. The summed E-state index contributed by atoms with van der Waals surface area (Å²) in [6.07, 6.45) is 1.50. The number of ketones is 1. The fourth-order valence-corrected chi connectivity index (χ4v) is 2.63. The SMILES string of the molecule is CCCC(=O)CC[C@@H]1OC(=O)c2c1cc(OC)c(OC)c2O. The third-order valence-corrected chi connectivity index (χ3v) is 3.69. The molecule has 0 fully saturated rings. The Morgan fingerprint density at radius 2 is 2.05 bits per heavy atom. The number of phenols is 1. The predicted molar refractivity (Wildman–Crippen MR) is 78.5 cm³/mol. The van der Waals surface area contributed by atoms with Gasteiger partial charge < -0.3 is 19.3 Å². The molecule has 0 spiro atoms. The molecule has 0 bridgehead atoms. The number of esters is 1. The van der Waals surface area contributed by atoms with Crippen LogP contribution in [-0.4, -0.2) is 31.1 Å². The Hall–Kier alpha value is -2.24. The highest BCUT2D eigenvalue weighted by Gasteiger charge is 2.37. The summed E-state index contributed by atoms with van der Waals surface area (Å²) in [5, 5.41) is 10.2. The van der Waals surface area contributed by atoms with Crippen LogP contribution in [0.15, 0.2) is 6.07 Å². The summed E-state index contributed by atoms with van der Waals surface area (Å²) in [5.41, 5.74) is 0.620. The topological polar surface area (TPSA) is 82.1 Å². The Morgan fingerprint density at radius 3 is 2.64 bits per heavy atom. The Kier molecular flexibility index (Phi) is 4.90. The Bertz CT molecular complexity index is 593. The van der Waals surface area contributed by atoms with Crippen molar-refractivity contribution in [1.82, 2.24) is 0 Å². The van der Waals surface area contributed by atoms with Gasteiger partial charge in [-0.15, -0.1) is 0 Å². The molecular formula is C16H20O6. The van der Waals surface area contributed by atoms with E-state index in [1.165, 1.54) is 14.2 Å². The van der Waals surface area contributed by atoms with Gasteiger partial charge in [-0.3, -0.25) is 4.79 Å². The maximum atomic E-state index is 12.0. The molecule has 1 aromatic rings. The number of carbonyl (C=O) groups is 2. The molecule has 2 rings (SSSR count). The van der Waals surface area contributed by atoms with Crippen LogP contribution in [0.1, 0.15) is 54.6 Å². The van der Waals surface area contributed by atoms with Crippen LogP contribution in [0.4, 0.5) is 0 Å². The van der Waals surface area contributed by atoms with Crippen molar-refractivity contribution in [3.63, 3.8) is 0 Å². The van der Waals surface area contributed by atoms with Gasteiger partial charge in [0.05, 0.1) is 14.2 Å². The van der Waals surface area contributed by atoms with Crippen molar-refractivity contribution in [2.45, 2.75) is 38.7 Å². The van der Waals surface area contributed by atoms with Crippen molar-refractivity contribution >= 4 is 11.8 Å². The average molecular weight is 308 g/mol. The van der Waals surface area contributed by atoms with E-state index in [9.17, 15) is 14.7 Å². The fourth-order valence-electron chi connectivity index (χ4n) is 2.63. The molecule has 1 aromatic carbocycles. The molecule has 0 radical (unpaired) electrons. The molecule has 1 heterocycles. The first-order valence-corrected chi connectivity index (χ1v) is 7.23. The van der Waals surface area contributed by atoms with Crippen LogP contribution in [-0.2, 0) is 9.53 Å². The highest BCUT2D eigenvalue weighted by molar-refractivity contribution is 5.98. The molecule has 0 saturated heterocycles. The highest BCUT2D eigenvalue weighted by Crippen LogP contribution is 2.47. The number of rotatable bonds is 7. The first kappa shape index (κ1) is 16.1. The Morgan fingerprint density at radius 1 is 1.32 bits per heavy atom. The number of ether oxygens (including phenoxy) is 3. The maximum Gasteiger partial charge on any atom is 0.343 e. The normalized spacial score (nSPS) is 16.1. The zero-order valence-electron chi connectivity index (χ0n) is 13.0. The zero-order valence-corrected chi connectivity index (χ0v) is 13.0. The lowest BCUT2D eigenvalue weighted by atomic mass is 9.98. The van der Waals surface area contributed by atoms with E-state index in [0.29, 0.717) is 30.6 Å². The van der Waals surface area contributed by atoms with Crippen molar-refractivity contribution in [1.29, 1.82) is 0 Å². The van der Waals surface area contributed by atoms with E-state index in [0.717, 1.165) is 6.42 Å². The second kappa shape index (κ2) is 6.68. The van der Waals surface area contributed by atoms with Crippen LogP contribution < -0.4 is 9.47 Å². The predicted octanol–water partition coefficient (Wildman–Crippen LogP) is 2.77. The lowest BCUT2D eigenvalue weighted by Gasteiger charge is -2.13. The molecule has 0 amide bonds. The summed E-state index contributed by atoms with van der Waals surface area (Å²) in [6.45, 7) is 1.94. The minimum Gasteiger partial charge on any atom is -0.504 e. The number of hydrogen-bond donors (Lipinski definition) is 1. The van der Waals surface area contributed by atoms with E-state index < -0.39 is 12.1 Å². The van der Waals surface area contributed by atoms with Gasteiger partial charge in [0.2, 0.25) is 5.75 Å². The van der Waals surface area contributed by atoms with Crippen molar-refractivity contribution in [2.75, 3.05) is 14.2 Å². The van der Waals surface area contributed by atoms with Gasteiger partial charge in [0.1, 0.15) is 17.5 Å². The molecule has 0 aromatic heterocycles. The van der Waals surface area contributed by atoms with E-state index in [1.54, 1.807) is 6.07 Å². The smallest absolute Gasteiger partial charge is 0.343 e. The molecule has 0 unspecified atom stereocenters. The minimum absolute atomic E-state index is 0.0885. The number of aromatic hydroxyl groups is 1. The number of Topliss-reactive ketones (excluding diaryl/α,β-unsaturated/α-hetero) is 1. The van der Waals surface area contributed by atoms with Gasteiger partial charge in [-0.05, 0) is 18.9 Å². The summed E-state index contributed by atoms with van der Waals surface area (Å²) in [5.74, 6) is -0.342. The van der Waals surface area contributed by atoms with Crippen LogP contribution in [0.3, 0.4) is 0 Å². The molecular weight excluding hydrogens is 288 g/mol. The molecule has 22 heavy (non-hydrogen) atoms. The molecule has 1 atom stereocenters. The van der Waals surface area contributed by atoms with E-state index in [2.05, 4.69) is 0 Å². The first-order chi connectivity index (χ1) is 10.5. The summed E-state index contributed by atoms with van der Waals surface area (Å²) in [6, 6.07) is 1.62. The maximum absolute atomic E-state index is 12.0. The van der Waals surface area contributed by atoms with Crippen LogP contribution in [0.5, 0.6) is 17.2 Å². The number of phenolic OH excluding ortho intramolecular Hbond substituents is 1. The van der Waals surface area contributed by atoms with Crippen LogP contribution in [0.2, 0.25) is 0 Å². The largest absolute Gasteiger partial charge is 0.504 e. The number of cyclic esters (lactones) is 1. The third-order valence-electron chi connectivity index (χ3n) is 3.69. The minimum atomic E-state index is -0.610. The third kappa shape index (κ3) is 2.86. The van der Waals surface area contributed by atoms with Gasteiger partial charge in [-0.2, -0.15) is 0 Å². The average Bonchev–Trinajstić information content (AvgIpc) is 2.81. The molecule has 0 aliphatic carbocycles. The van der Waals surface area contributed by atoms with Crippen molar-refractivity contribution in [2.24, 2.45) is 0 Å². The standard InChI is InChI=1S/C16H20O6/c1-4-5-9(17)6-7-11-10-8-12(20-2)15(21-3)14(18)13(10)16(19)22-11/h8,11,18H,4-7H2,1-3H3/t11-/m0/s1. The van der Waals surface area contributed by atoms with Crippen molar-refractivity contribution < 1.29 is 28.9 Å². The lowest BCUT2D eigenvalue weighted by molar-refractivity contribution is -0.119. The van der Waals surface area contributed by atoms with E-state index in [4.69, 9.17) is 14.2 Å². The van der Waals surface area contributed by atoms with E-state index in [1.807, 2.05) is 6.92 Å². The molecule has 120 valence electrons. The quantitative estimate of drug-likeness (QED) is 0.780. The second-order valence-electron chi connectivity index (χ2n) is 5.15. The van der Waals surface area contributed by atoms with Gasteiger partial charge in [0.25, 0.3) is 0 Å². The lowest BCUT2D eigenvalue weighted by Crippen LogP contribution is -2.04. The Balaban J connectivity index is 2.30. The first-order valence-electron chi connectivity index (χ1n) is 7.23. The van der Waals surface area contributed by atoms with Gasteiger partial charge in [-0.1, -0.05) is 6.92 Å². The van der Waals surface area contributed by atoms with Crippen molar-refractivity contribution in [3.8, 4) is 17.2 Å². The number of carbonyl (C=O) groups excluding carboxylic acids is 2. The van der Waals surface area contributed by atoms with E-state index >= 15 is 0 Å².